The maximum Gasteiger partial charge on any atom is 0.393 e. The molecular formula is C22H24F3NO3. The number of anilines is 1. The lowest BCUT2D eigenvalue weighted by atomic mass is 9.96. The summed E-state index contributed by atoms with van der Waals surface area (Å²) in [5.41, 5.74) is 2.38. The second kappa shape index (κ2) is 8.76. The summed E-state index contributed by atoms with van der Waals surface area (Å²) < 4.78 is 44.4. The van der Waals surface area contributed by atoms with E-state index >= 15 is 0 Å². The zero-order valence-electron chi connectivity index (χ0n) is 16.2. The zero-order valence-corrected chi connectivity index (χ0v) is 16.2. The molecule has 3 rings (SSSR count). The van der Waals surface area contributed by atoms with E-state index < -0.39 is 18.6 Å². The smallest absolute Gasteiger partial charge is 0.393 e. The summed E-state index contributed by atoms with van der Waals surface area (Å²) in [5, 5.41) is 9.06. The fraction of sp³-hybridized carbons (Fsp3) is 0.409. The fourth-order valence-corrected chi connectivity index (χ4v) is 3.31. The molecule has 1 aliphatic rings. The van der Waals surface area contributed by atoms with Crippen molar-refractivity contribution in [3.63, 3.8) is 0 Å². The molecule has 1 saturated heterocycles. The quantitative estimate of drug-likeness (QED) is 0.615. The van der Waals surface area contributed by atoms with Crippen molar-refractivity contribution < 1.29 is 27.8 Å². The van der Waals surface area contributed by atoms with E-state index in [4.69, 9.17) is 9.84 Å². The number of carboxylic acid groups (broad SMARTS) is 1. The summed E-state index contributed by atoms with van der Waals surface area (Å²) in [5.74, 6) is -0.654. The molecule has 0 radical (unpaired) electrons. The number of unbranched alkanes of at least 4 members (excludes halogenated alkanes) is 1. The zero-order chi connectivity index (χ0) is 21.0. The predicted molar refractivity (Wildman–Crippen MR) is 105 cm³/mol. The fourth-order valence-electron chi connectivity index (χ4n) is 3.31. The number of carbonyl (C=O) groups is 1. The molecule has 0 unspecified atom stereocenters. The maximum absolute atomic E-state index is 12.9. The van der Waals surface area contributed by atoms with Gasteiger partial charge in [-0.25, -0.2) is 0 Å². The van der Waals surface area contributed by atoms with Gasteiger partial charge in [0.15, 0.2) is 0 Å². The van der Waals surface area contributed by atoms with Gasteiger partial charge >= 0.3 is 12.1 Å². The Morgan fingerprint density at radius 2 is 1.97 bits per heavy atom. The van der Waals surface area contributed by atoms with Gasteiger partial charge in [0.1, 0.15) is 5.75 Å². The third-order valence-corrected chi connectivity index (χ3v) is 4.96. The van der Waals surface area contributed by atoms with Crippen molar-refractivity contribution in [3.8, 4) is 16.9 Å². The van der Waals surface area contributed by atoms with E-state index in [2.05, 4.69) is 0 Å². The molecule has 156 valence electrons. The Morgan fingerprint density at radius 1 is 1.21 bits per heavy atom. The van der Waals surface area contributed by atoms with Crippen LogP contribution in [0.3, 0.4) is 0 Å². The minimum absolute atomic E-state index is 0.177. The molecule has 0 amide bonds. The van der Waals surface area contributed by atoms with E-state index in [-0.39, 0.29) is 11.5 Å². The highest BCUT2D eigenvalue weighted by molar-refractivity contribution is 5.77. The molecule has 2 aromatic rings. The van der Waals surface area contributed by atoms with Crippen molar-refractivity contribution in [2.45, 2.75) is 32.4 Å². The normalized spacial score (nSPS) is 14.6. The van der Waals surface area contributed by atoms with Gasteiger partial charge in [0, 0.05) is 24.3 Å². The van der Waals surface area contributed by atoms with E-state index in [0.717, 1.165) is 24.1 Å². The van der Waals surface area contributed by atoms with E-state index in [1.165, 1.54) is 12.1 Å². The molecule has 29 heavy (non-hydrogen) atoms. The molecule has 1 aliphatic heterocycles. The van der Waals surface area contributed by atoms with Gasteiger partial charge in [-0.3, -0.25) is 4.79 Å². The average Bonchev–Trinajstić information content (AvgIpc) is 2.60. The van der Waals surface area contributed by atoms with Gasteiger partial charge in [-0.2, -0.15) is 13.2 Å². The Morgan fingerprint density at radius 3 is 2.62 bits per heavy atom. The summed E-state index contributed by atoms with van der Waals surface area (Å²) in [6.07, 6.45) is -3.47. The number of aliphatic carboxylic acids is 1. The number of alkyl halides is 3. The van der Waals surface area contributed by atoms with E-state index in [9.17, 15) is 18.0 Å². The maximum atomic E-state index is 12.9. The van der Waals surface area contributed by atoms with Gasteiger partial charge in [0.25, 0.3) is 0 Å². The van der Waals surface area contributed by atoms with E-state index in [0.29, 0.717) is 31.0 Å². The monoisotopic (exact) mass is 407 g/mol. The van der Waals surface area contributed by atoms with Crippen LogP contribution in [0.1, 0.15) is 25.3 Å². The van der Waals surface area contributed by atoms with Crippen LogP contribution in [0.4, 0.5) is 18.9 Å². The topological polar surface area (TPSA) is 49.8 Å². The molecule has 0 aliphatic carbocycles. The summed E-state index contributed by atoms with van der Waals surface area (Å²) in [6, 6.07) is 12.0. The largest absolute Gasteiger partial charge is 0.493 e. The molecule has 1 heterocycles. The summed E-state index contributed by atoms with van der Waals surface area (Å²) in [6.45, 7) is 3.38. The highest BCUT2D eigenvalue weighted by atomic mass is 19.4. The van der Waals surface area contributed by atoms with E-state index in [1.807, 2.05) is 36.1 Å². The van der Waals surface area contributed by atoms with Crippen molar-refractivity contribution in [2.24, 2.45) is 5.92 Å². The first-order chi connectivity index (χ1) is 13.8. The van der Waals surface area contributed by atoms with Crippen LogP contribution in [0, 0.1) is 5.92 Å². The van der Waals surface area contributed by atoms with Crippen LogP contribution in [-0.4, -0.2) is 36.9 Å². The van der Waals surface area contributed by atoms with Crippen LogP contribution in [-0.2, 0) is 11.2 Å². The van der Waals surface area contributed by atoms with Crippen LogP contribution < -0.4 is 9.64 Å². The number of benzene rings is 2. The summed E-state index contributed by atoms with van der Waals surface area (Å²) in [7, 11) is 0. The van der Waals surface area contributed by atoms with Crippen molar-refractivity contribution in [2.75, 3.05) is 24.6 Å². The Labute approximate surface area is 167 Å². The Balaban J connectivity index is 1.89. The molecule has 2 aromatic carbocycles. The second-order valence-corrected chi connectivity index (χ2v) is 7.31. The summed E-state index contributed by atoms with van der Waals surface area (Å²) >= 11 is 0. The number of carboxylic acids is 1. The lowest BCUT2D eigenvalue weighted by molar-refractivity contribution is -0.142. The van der Waals surface area contributed by atoms with Crippen LogP contribution in [0.2, 0.25) is 0 Å². The van der Waals surface area contributed by atoms with Crippen LogP contribution in [0.15, 0.2) is 42.5 Å². The van der Waals surface area contributed by atoms with Gasteiger partial charge in [-0.1, -0.05) is 31.5 Å². The van der Waals surface area contributed by atoms with Gasteiger partial charge in [-0.15, -0.1) is 0 Å². The minimum Gasteiger partial charge on any atom is -0.493 e. The average molecular weight is 407 g/mol. The van der Waals surface area contributed by atoms with Crippen LogP contribution in [0.25, 0.3) is 11.1 Å². The number of hydrogen-bond acceptors (Lipinski definition) is 3. The SMILES string of the molecule is CCCCOc1ccc(CC(F)(F)F)cc1-c1cccc(N2CC(C(=O)O)C2)c1. The predicted octanol–water partition coefficient (Wildman–Crippen LogP) is 5.16. The van der Waals surface area contributed by atoms with Gasteiger partial charge in [0.05, 0.1) is 18.9 Å². The molecule has 4 nitrogen and oxygen atoms in total. The highest BCUT2D eigenvalue weighted by Crippen LogP contribution is 2.36. The number of ether oxygens (including phenoxy) is 1. The van der Waals surface area contributed by atoms with Gasteiger partial charge in [0.2, 0.25) is 0 Å². The molecule has 7 heteroatoms. The minimum atomic E-state index is -4.28. The third kappa shape index (κ3) is 5.43. The second-order valence-electron chi connectivity index (χ2n) is 7.31. The first-order valence-corrected chi connectivity index (χ1v) is 9.67. The lowest BCUT2D eigenvalue weighted by Gasteiger charge is -2.38. The first kappa shape index (κ1) is 21.0. The van der Waals surface area contributed by atoms with Crippen molar-refractivity contribution >= 4 is 11.7 Å². The number of hydrogen-bond donors (Lipinski definition) is 1. The van der Waals surface area contributed by atoms with Crippen LogP contribution in [0.5, 0.6) is 5.75 Å². The van der Waals surface area contributed by atoms with Crippen molar-refractivity contribution in [3.05, 3.63) is 48.0 Å². The Kier molecular flexibility index (Phi) is 6.35. The molecule has 1 fully saturated rings. The Hall–Kier alpha value is -2.70. The number of rotatable bonds is 8. The standard InChI is InChI=1S/C22H24F3NO3/c1-2-3-9-29-20-8-7-15(12-22(23,24)25)10-19(20)16-5-4-6-18(11-16)26-13-17(14-26)21(27)28/h4-8,10-11,17H,2-3,9,12-14H2,1H3,(H,27,28). The molecule has 0 spiro atoms. The molecule has 1 N–H and O–H groups in total. The third-order valence-electron chi connectivity index (χ3n) is 4.96. The number of nitrogens with zero attached hydrogens (tertiary/aromatic N) is 1. The molecular weight excluding hydrogens is 383 g/mol. The van der Waals surface area contributed by atoms with E-state index in [1.54, 1.807) is 6.07 Å². The van der Waals surface area contributed by atoms with Gasteiger partial charge < -0.3 is 14.7 Å². The number of halogens is 3. The highest BCUT2D eigenvalue weighted by Gasteiger charge is 2.33. The molecule has 0 saturated carbocycles. The molecule has 0 aromatic heterocycles. The van der Waals surface area contributed by atoms with Crippen molar-refractivity contribution in [1.29, 1.82) is 0 Å². The Bertz CT molecular complexity index is 861. The molecule has 0 bridgehead atoms. The van der Waals surface area contributed by atoms with Gasteiger partial charge in [-0.05, 0) is 41.8 Å². The lowest BCUT2D eigenvalue weighted by Crippen LogP contribution is -2.50. The summed E-state index contributed by atoms with van der Waals surface area (Å²) in [4.78, 5) is 13.0. The molecule has 0 atom stereocenters. The first-order valence-electron chi connectivity index (χ1n) is 9.67. The van der Waals surface area contributed by atoms with Crippen LogP contribution >= 0.6 is 0 Å². The van der Waals surface area contributed by atoms with Crippen molar-refractivity contribution in [1.82, 2.24) is 0 Å².